The van der Waals surface area contributed by atoms with E-state index in [2.05, 4.69) is 34.6 Å². The second-order valence-electron chi connectivity index (χ2n) is 19.3. The number of piperidine rings is 2. The van der Waals surface area contributed by atoms with E-state index in [0.29, 0.717) is 74.0 Å². The third kappa shape index (κ3) is 12.2. The molecule has 0 aromatic rings. The summed E-state index contributed by atoms with van der Waals surface area (Å²) in [7, 11) is 1.62. The summed E-state index contributed by atoms with van der Waals surface area (Å²) in [5.74, 6) is 8.26. The number of rotatable bonds is 15. The highest BCUT2D eigenvalue weighted by atomic mass is 16.5. The van der Waals surface area contributed by atoms with Gasteiger partial charge in [0, 0.05) is 50.5 Å². The van der Waals surface area contributed by atoms with Crippen LogP contribution in [-0.4, -0.2) is 94.9 Å². The Morgan fingerprint density at radius 1 is 0.911 bits per heavy atom. The van der Waals surface area contributed by atoms with Crippen molar-refractivity contribution in [3.63, 3.8) is 0 Å². The van der Waals surface area contributed by atoms with Crippen LogP contribution in [0.3, 0.4) is 0 Å². The van der Waals surface area contributed by atoms with Crippen LogP contribution < -0.4 is 16.4 Å². The highest BCUT2D eigenvalue weighted by Gasteiger charge is 2.43. The van der Waals surface area contributed by atoms with Crippen molar-refractivity contribution in [3.05, 3.63) is 12.2 Å². The molecule has 6 unspecified atom stereocenters. The van der Waals surface area contributed by atoms with Crippen LogP contribution in [0.1, 0.15) is 135 Å². The Balaban J connectivity index is 1.10. The number of carbonyl (C=O) groups is 2. The summed E-state index contributed by atoms with van der Waals surface area (Å²) in [5, 5.41) is 50.6. The average molecular weight is 784 g/mol. The fraction of sp³-hybridized carbons (Fsp3) is 0.870. The molecule has 2 heterocycles. The number of fused-ring (bicyclic) bond motifs is 2. The van der Waals surface area contributed by atoms with Crippen molar-refractivity contribution >= 4 is 11.6 Å². The molecule has 6 rings (SSSR count). The Labute approximate surface area is 336 Å². The summed E-state index contributed by atoms with van der Waals surface area (Å²) in [5.41, 5.74) is 6.39. The molecule has 3 saturated carbocycles. The van der Waals surface area contributed by atoms with Gasteiger partial charge < -0.3 is 35.8 Å². The number of Topliss-reactive ketones (excluding diaryl/α,β-unsaturated/α-hetero) is 2. The average Bonchev–Trinajstić information content (AvgIpc) is 3.25. The van der Waals surface area contributed by atoms with Crippen molar-refractivity contribution in [1.82, 2.24) is 0 Å². The summed E-state index contributed by atoms with van der Waals surface area (Å²) in [6, 6.07) is 0.466. The van der Waals surface area contributed by atoms with E-state index in [-0.39, 0.29) is 48.1 Å². The fourth-order valence-electron chi connectivity index (χ4n) is 11.9. The van der Waals surface area contributed by atoms with Crippen molar-refractivity contribution in [2.24, 2.45) is 59.0 Å². The predicted molar refractivity (Wildman–Crippen MR) is 215 cm³/mol. The van der Waals surface area contributed by atoms with Crippen LogP contribution in [0.2, 0.25) is 0 Å². The van der Waals surface area contributed by atoms with Crippen LogP contribution in [-0.2, 0) is 14.3 Å². The van der Waals surface area contributed by atoms with Gasteiger partial charge in [-0.05, 0) is 100 Å². The number of hydrogen-bond donors (Lipinski definition) is 7. The molecule has 0 aromatic heterocycles. The summed E-state index contributed by atoms with van der Waals surface area (Å²) in [4.78, 5) is 25.6. The molecule has 10 N–H and O–H groups in total. The molecule has 56 heavy (non-hydrogen) atoms. The first-order valence-electron chi connectivity index (χ1n) is 23.0. The minimum absolute atomic E-state index is 0.0274. The van der Waals surface area contributed by atoms with Gasteiger partial charge in [-0.15, -0.1) is 0 Å². The van der Waals surface area contributed by atoms with Crippen LogP contribution in [0.5, 0.6) is 0 Å². The second kappa shape index (κ2) is 21.5. The molecule has 2 saturated heterocycles. The van der Waals surface area contributed by atoms with Crippen LogP contribution >= 0.6 is 0 Å². The molecule has 2 aliphatic heterocycles. The maximum Gasteiger partial charge on any atom is 0.150 e. The van der Waals surface area contributed by atoms with Crippen molar-refractivity contribution in [1.29, 1.82) is 0 Å². The summed E-state index contributed by atoms with van der Waals surface area (Å²) in [6.45, 7) is 2.04. The van der Waals surface area contributed by atoms with Crippen molar-refractivity contribution in [2.45, 2.75) is 178 Å². The number of carbonyl (C=O) groups excluding carboxylic acids is 2. The van der Waals surface area contributed by atoms with Gasteiger partial charge in [-0.25, -0.2) is 0 Å². The molecule has 4 aliphatic carbocycles. The number of unbranched alkanes of at least 4 members (excludes halogenated alkanes) is 1. The topological polar surface area (TPSA) is 184 Å². The fourth-order valence-corrected chi connectivity index (χ4v) is 11.9. The van der Waals surface area contributed by atoms with Gasteiger partial charge in [0.25, 0.3) is 0 Å². The lowest BCUT2D eigenvalue weighted by Crippen LogP contribution is -2.95. The second-order valence-corrected chi connectivity index (χ2v) is 19.3. The van der Waals surface area contributed by atoms with Crippen LogP contribution in [0, 0.1) is 65.1 Å². The van der Waals surface area contributed by atoms with Crippen LogP contribution in [0.4, 0.5) is 0 Å². The maximum absolute atomic E-state index is 13.7. The van der Waals surface area contributed by atoms with Gasteiger partial charge in [0.2, 0.25) is 0 Å². The Morgan fingerprint density at radius 2 is 1.71 bits per heavy atom. The lowest BCUT2D eigenvalue weighted by Gasteiger charge is -2.41. The van der Waals surface area contributed by atoms with Crippen molar-refractivity contribution in [2.75, 3.05) is 20.2 Å². The first-order chi connectivity index (χ1) is 27.1. The van der Waals surface area contributed by atoms with Crippen LogP contribution in [0.25, 0.3) is 0 Å². The highest BCUT2D eigenvalue weighted by Crippen LogP contribution is 2.42. The number of ether oxygens (including phenoxy) is 1. The Morgan fingerprint density at radius 3 is 2.50 bits per heavy atom. The molecule has 10 nitrogen and oxygen atoms in total. The van der Waals surface area contributed by atoms with E-state index in [4.69, 9.17) is 10.5 Å². The molecule has 316 valence electrons. The Bertz CT molecular complexity index is 1340. The Hall–Kier alpha value is -1.68. The number of quaternary nitrogens is 2. The molecule has 0 bridgehead atoms. The van der Waals surface area contributed by atoms with E-state index in [1.807, 2.05) is 0 Å². The number of ketones is 2. The number of allylic oxidation sites excluding steroid dienone is 2. The van der Waals surface area contributed by atoms with Gasteiger partial charge in [-0.3, -0.25) is 15.3 Å². The predicted octanol–water partition coefficient (Wildman–Crippen LogP) is 2.74. The number of hydrogen-bond acceptors (Lipinski definition) is 8. The van der Waals surface area contributed by atoms with E-state index in [0.717, 1.165) is 64.5 Å². The number of aliphatic hydroxyl groups excluding tert-OH is 4. The molecule has 0 aromatic carbocycles. The quantitative estimate of drug-likeness (QED) is 0.0752. The minimum Gasteiger partial charge on any atom is -0.391 e. The molecular formula is C46H77N3O7+2. The van der Waals surface area contributed by atoms with Crippen molar-refractivity contribution < 1.29 is 45.4 Å². The third-order valence-electron chi connectivity index (χ3n) is 15.4. The smallest absolute Gasteiger partial charge is 0.150 e. The lowest BCUT2D eigenvalue weighted by atomic mass is 9.67. The molecule has 0 radical (unpaired) electrons. The van der Waals surface area contributed by atoms with E-state index in [1.54, 1.807) is 7.11 Å². The van der Waals surface area contributed by atoms with Crippen LogP contribution in [0.15, 0.2) is 12.2 Å². The lowest BCUT2D eigenvalue weighted by molar-refractivity contribution is -0.711. The van der Waals surface area contributed by atoms with Gasteiger partial charge in [0.05, 0.1) is 56.1 Å². The largest absolute Gasteiger partial charge is 0.391 e. The van der Waals surface area contributed by atoms with Gasteiger partial charge in [-0.2, -0.15) is 0 Å². The van der Waals surface area contributed by atoms with Gasteiger partial charge in [-0.1, -0.05) is 56.1 Å². The summed E-state index contributed by atoms with van der Waals surface area (Å²) in [6.07, 6.45) is 19.0. The van der Waals surface area contributed by atoms with E-state index in [9.17, 15) is 30.0 Å². The number of aliphatic hydroxyl groups is 4. The van der Waals surface area contributed by atoms with E-state index in [1.165, 1.54) is 38.5 Å². The zero-order chi connectivity index (χ0) is 39.6. The van der Waals surface area contributed by atoms with E-state index < -0.39 is 30.3 Å². The third-order valence-corrected chi connectivity index (χ3v) is 15.4. The molecule has 15 atom stereocenters. The zero-order valence-electron chi connectivity index (χ0n) is 34.4. The highest BCUT2D eigenvalue weighted by molar-refractivity contribution is 5.84. The number of methoxy groups -OCH3 is 1. The minimum atomic E-state index is -1.01. The van der Waals surface area contributed by atoms with Gasteiger partial charge in [0.1, 0.15) is 23.7 Å². The molecular weight excluding hydrogens is 707 g/mol. The first kappa shape index (κ1) is 43.9. The standard InChI is InChI=1S/C46H75N3O7/c1-56-45-24-34-15-18-41(52)37(40(51)10-6-5-9-30-21-35-13-16-36(50)26-39(35)49-28-30)17-14-33(38(34)27-44(45)55)23-43(54)42(53)22-31(32-19-20-48-46(47)25-32)12-11-29-7-3-2-4-8-29/h11-12,29-35,37-40,42-46,48-49,51,53-55H,2-10,13,15-16,18-28,47H2,1H3/p+2/t30-,31+,32?,33+,34?,35+,37-,38?,39-,40-,42-,43+,44?,45?,46?/m1/s1. The maximum atomic E-state index is 13.7. The SMILES string of the molecule is COC1CC2CCC(=O)[C@@H]([C@H](O)CCCC[C@H]3C[NH2+][C@@H]4CC(=O)CC[C@H]4C3)C#C[C@@H](C[C@H](O)[C@H](O)C[C@H](C=CC3CCCCC3)C3CC[NH2+]C(N)C3)C2CC1O. The molecule has 0 spiro atoms. The summed E-state index contributed by atoms with van der Waals surface area (Å²) >= 11 is 0. The summed E-state index contributed by atoms with van der Waals surface area (Å²) < 4.78 is 5.67. The molecule has 6 aliphatic rings. The molecule has 10 heteroatoms. The van der Waals surface area contributed by atoms with E-state index >= 15 is 0 Å². The normalized spacial score (nSPS) is 38.2. The van der Waals surface area contributed by atoms with Gasteiger partial charge in [0.15, 0.2) is 0 Å². The zero-order valence-corrected chi connectivity index (χ0v) is 34.4. The van der Waals surface area contributed by atoms with Crippen molar-refractivity contribution in [3.8, 4) is 11.8 Å². The Kier molecular flexibility index (Phi) is 16.9. The molecule has 0 amide bonds. The monoisotopic (exact) mass is 784 g/mol. The van der Waals surface area contributed by atoms with Gasteiger partial charge >= 0.3 is 0 Å². The molecule has 5 fully saturated rings. The number of nitrogens with two attached hydrogens (primary N) is 3. The first-order valence-corrected chi connectivity index (χ1v) is 23.0.